The Morgan fingerprint density at radius 2 is 2.16 bits per heavy atom. The van der Waals surface area contributed by atoms with Crippen LogP contribution in [0.15, 0.2) is 24.5 Å². The number of hydrogen-bond acceptors (Lipinski definition) is 5. The zero-order valence-corrected chi connectivity index (χ0v) is 12.2. The molecule has 2 aromatic heterocycles. The molecule has 3 heterocycles. The van der Waals surface area contributed by atoms with Crippen LogP contribution in [-0.2, 0) is 4.74 Å². The predicted octanol–water partition coefficient (Wildman–Crippen LogP) is 2.01. The van der Waals surface area contributed by atoms with Gasteiger partial charge in [0.2, 0.25) is 0 Å². The topological polar surface area (TPSA) is 51.1 Å². The summed E-state index contributed by atoms with van der Waals surface area (Å²) in [5.41, 5.74) is 1.51. The van der Waals surface area contributed by atoms with E-state index in [4.69, 9.17) is 4.74 Å². The lowest BCUT2D eigenvalue weighted by molar-refractivity contribution is -0.00221. The van der Waals surface area contributed by atoms with E-state index in [0.29, 0.717) is 5.65 Å². The predicted molar refractivity (Wildman–Crippen MR) is 77.7 cm³/mol. The van der Waals surface area contributed by atoms with Crippen molar-refractivity contribution in [3.05, 3.63) is 24.5 Å². The molecule has 0 radical (unpaired) electrons. The average molecular weight is 323 g/mol. The SMILES string of the molecule is CC1CN(c2ccc3nccnc3n2)CC(CBr)O1. The van der Waals surface area contributed by atoms with E-state index >= 15 is 0 Å². The highest BCUT2D eigenvalue weighted by Crippen LogP contribution is 2.20. The number of aromatic nitrogens is 3. The number of rotatable bonds is 2. The fraction of sp³-hybridized carbons (Fsp3) is 0.462. The van der Waals surface area contributed by atoms with E-state index in [9.17, 15) is 0 Å². The first-order valence-corrected chi connectivity index (χ1v) is 7.42. The van der Waals surface area contributed by atoms with E-state index in [2.05, 4.69) is 42.7 Å². The average Bonchev–Trinajstić information content (AvgIpc) is 2.46. The summed E-state index contributed by atoms with van der Waals surface area (Å²) >= 11 is 3.48. The van der Waals surface area contributed by atoms with Gasteiger partial charge in [0.15, 0.2) is 5.65 Å². The van der Waals surface area contributed by atoms with E-state index in [0.717, 1.165) is 29.8 Å². The first-order valence-electron chi connectivity index (χ1n) is 6.30. The third kappa shape index (κ3) is 2.69. The molecule has 3 rings (SSSR count). The smallest absolute Gasteiger partial charge is 0.180 e. The highest BCUT2D eigenvalue weighted by Gasteiger charge is 2.25. The van der Waals surface area contributed by atoms with E-state index < -0.39 is 0 Å². The summed E-state index contributed by atoms with van der Waals surface area (Å²) in [5, 5.41) is 0.835. The van der Waals surface area contributed by atoms with Crippen LogP contribution in [0.2, 0.25) is 0 Å². The van der Waals surface area contributed by atoms with Crippen molar-refractivity contribution in [1.82, 2.24) is 15.0 Å². The molecule has 1 aliphatic heterocycles. The van der Waals surface area contributed by atoms with Crippen LogP contribution < -0.4 is 4.90 Å². The van der Waals surface area contributed by atoms with Gasteiger partial charge >= 0.3 is 0 Å². The number of morpholine rings is 1. The van der Waals surface area contributed by atoms with Crippen molar-refractivity contribution >= 4 is 32.9 Å². The van der Waals surface area contributed by atoms with E-state index in [1.165, 1.54) is 0 Å². The second-order valence-electron chi connectivity index (χ2n) is 4.70. The summed E-state index contributed by atoms with van der Waals surface area (Å²) in [6, 6.07) is 3.97. The Bertz CT molecular complexity index is 579. The normalized spacial score (nSPS) is 23.8. The number of ether oxygens (including phenoxy) is 1. The van der Waals surface area contributed by atoms with Gasteiger partial charge in [-0.3, -0.25) is 4.98 Å². The lowest BCUT2D eigenvalue weighted by Gasteiger charge is -2.36. The maximum atomic E-state index is 5.83. The Morgan fingerprint density at radius 3 is 3.00 bits per heavy atom. The summed E-state index contributed by atoms with van der Waals surface area (Å²) < 4.78 is 5.83. The number of anilines is 1. The molecule has 1 saturated heterocycles. The molecule has 0 N–H and O–H groups in total. The van der Waals surface area contributed by atoms with Crippen LogP contribution in [0.4, 0.5) is 5.82 Å². The molecule has 2 atom stereocenters. The van der Waals surface area contributed by atoms with Crippen molar-refractivity contribution in [2.75, 3.05) is 23.3 Å². The van der Waals surface area contributed by atoms with Gasteiger partial charge in [0.25, 0.3) is 0 Å². The summed E-state index contributed by atoms with van der Waals surface area (Å²) in [6.07, 6.45) is 3.75. The van der Waals surface area contributed by atoms with Gasteiger partial charge in [0.1, 0.15) is 11.3 Å². The highest BCUT2D eigenvalue weighted by atomic mass is 79.9. The van der Waals surface area contributed by atoms with Crippen molar-refractivity contribution in [2.45, 2.75) is 19.1 Å². The van der Waals surface area contributed by atoms with Crippen molar-refractivity contribution in [3.8, 4) is 0 Å². The Labute approximate surface area is 120 Å². The largest absolute Gasteiger partial charge is 0.371 e. The fourth-order valence-electron chi connectivity index (χ4n) is 2.34. The molecule has 1 fully saturated rings. The summed E-state index contributed by atoms with van der Waals surface area (Å²) in [6.45, 7) is 3.78. The van der Waals surface area contributed by atoms with Crippen molar-refractivity contribution in [2.24, 2.45) is 0 Å². The van der Waals surface area contributed by atoms with Gasteiger partial charge in [-0.05, 0) is 19.1 Å². The lowest BCUT2D eigenvalue weighted by atomic mass is 10.2. The van der Waals surface area contributed by atoms with Crippen molar-refractivity contribution in [1.29, 1.82) is 0 Å². The molecular formula is C13H15BrN4O. The standard InChI is InChI=1S/C13H15BrN4O/c1-9-7-18(8-10(6-14)19-9)12-3-2-11-13(17-12)16-5-4-15-11/h2-5,9-10H,6-8H2,1H3. The molecule has 5 nitrogen and oxygen atoms in total. The zero-order chi connectivity index (χ0) is 13.2. The van der Waals surface area contributed by atoms with Crippen LogP contribution in [0, 0.1) is 0 Å². The summed E-state index contributed by atoms with van der Waals surface area (Å²) in [4.78, 5) is 15.3. The molecule has 0 aromatic carbocycles. The van der Waals surface area contributed by atoms with Crippen LogP contribution in [0.25, 0.3) is 11.2 Å². The quantitative estimate of drug-likeness (QED) is 0.792. The minimum atomic E-state index is 0.197. The Kier molecular flexibility index (Phi) is 3.61. The molecule has 2 aromatic rings. The molecule has 0 aliphatic carbocycles. The van der Waals surface area contributed by atoms with E-state index in [-0.39, 0.29) is 12.2 Å². The Hall–Kier alpha value is -1.27. The number of pyridine rings is 1. The summed E-state index contributed by atoms with van der Waals surface area (Å²) in [7, 11) is 0. The zero-order valence-electron chi connectivity index (χ0n) is 10.7. The van der Waals surface area contributed by atoms with Crippen LogP contribution in [0.1, 0.15) is 6.92 Å². The number of nitrogens with zero attached hydrogens (tertiary/aromatic N) is 4. The second-order valence-corrected chi connectivity index (χ2v) is 5.34. The lowest BCUT2D eigenvalue weighted by Crippen LogP contribution is -2.47. The van der Waals surface area contributed by atoms with Crippen LogP contribution in [0.3, 0.4) is 0 Å². The third-order valence-corrected chi connectivity index (χ3v) is 3.86. The number of halogens is 1. The van der Waals surface area contributed by atoms with Crippen LogP contribution in [0.5, 0.6) is 0 Å². The van der Waals surface area contributed by atoms with Gasteiger partial charge < -0.3 is 9.64 Å². The number of hydrogen-bond donors (Lipinski definition) is 0. The molecule has 0 saturated carbocycles. The minimum absolute atomic E-state index is 0.197. The van der Waals surface area contributed by atoms with Gasteiger partial charge in [0.05, 0.1) is 12.2 Å². The second kappa shape index (κ2) is 5.38. The molecule has 2 unspecified atom stereocenters. The highest BCUT2D eigenvalue weighted by molar-refractivity contribution is 9.09. The van der Waals surface area contributed by atoms with Crippen molar-refractivity contribution in [3.63, 3.8) is 0 Å². The van der Waals surface area contributed by atoms with Crippen molar-refractivity contribution < 1.29 is 4.74 Å². The monoisotopic (exact) mass is 322 g/mol. The molecule has 100 valence electrons. The third-order valence-electron chi connectivity index (χ3n) is 3.14. The van der Waals surface area contributed by atoms with Crippen LogP contribution >= 0.6 is 15.9 Å². The molecule has 19 heavy (non-hydrogen) atoms. The number of alkyl halides is 1. The Balaban J connectivity index is 1.90. The molecule has 1 aliphatic rings. The van der Waals surface area contributed by atoms with Crippen LogP contribution in [-0.4, -0.2) is 45.6 Å². The minimum Gasteiger partial charge on any atom is -0.371 e. The van der Waals surface area contributed by atoms with Gasteiger partial charge in [-0.1, -0.05) is 15.9 Å². The molecule has 6 heteroatoms. The van der Waals surface area contributed by atoms with Gasteiger partial charge in [-0.25, -0.2) is 9.97 Å². The van der Waals surface area contributed by atoms with Gasteiger partial charge in [0, 0.05) is 30.8 Å². The first kappa shape index (κ1) is 12.7. The molecular weight excluding hydrogens is 308 g/mol. The Morgan fingerprint density at radius 1 is 1.32 bits per heavy atom. The molecule has 0 spiro atoms. The van der Waals surface area contributed by atoms with E-state index in [1.807, 2.05) is 12.1 Å². The van der Waals surface area contributed by atoms with Gasteiger partial charge in [-0.2, -0.15) is 0 Å². The number of fused-ring (bicyclic) bond motifs is 1. The first-order chi connectivity index (χ1) is 9.26. The summed E-state index contributed by atoms with van der Waals surface area (Å²) in [5.74, 6) is 0.939. The van der Waals surface area contributed by atoms with Gasteiger partial charge in [-0.15, -0.1) is 0 Å². The molecule has 0 bridgehead atoms. The molecule has 0 amide bonds. The maximum Gasteiger partial charge on any atom is 0.180 e. The maximum absolute atomic E-state index is 5.83. The van der Waals surface area contributed by atoms with E-state index in [1.54, 1.807) is 12.4 Å². The fourth-order valence-corrected chi connectivity index (χ4v) is 2.70.